The van der Waals surface area contributed by atoms with Crippen LogP contribution in [0.5, 0.6) is 0 Å². The maximum atomic E-state index is 10.9. The molecule has 0 saturated carbocycles. The Balaban J connectivity index is 2.31. The number of nitro benzene ring substituents is 1. The Morgan fingerprint density at radius 3 is 2.90 bits per heavy atom. The first kappa shape index (κ1) is 15.1. The average Bonchev–Trinajstić information content (AvgIpc) is 2.47. The van der Waals surface area contributed by atoms with Crippen molar-refractivity contribution in [3.05, 3.63) is 33.9 Å². The molecule has 1 aromatic rings. The molecule has 0 amide bonds. The molecular formula is C15H21ClN2O2. The predicted molar refractivity (Wildman–Crippen MR) is 82.5 cm³/mol. The van der Waals surface area contributed by atoms with Crippen molar-refractivity contribution in [3.63, 3.8) is 0 Å². The van der Waals surface area contributed by atoms with E-state index < -0.39 is 0 Å². The molecule has 0 spiro atoms. The molecule has 0 aliphatic carbocycles. The quantitative estimate of drug-likeness (QED) is 0.457. The lowest BCUT2D eigenvalue weighted by atomic mass is 9.96. The Morgan fingerprint density at radius 2 is 2.25 bits per heavy atom. The maximum absolute atomic E-state index is 10.9. The number of hydrogen-bond donors (Lipinski definition) is 0. The molecule has 0 bridgehead atoms. The van der Waals surface area contributed by atoms with E-state index in [4.69, 9.17) is 11.6 Å². The SMILES string of the molecule is CCCC1CCCCN1c1ccc([N+](=O)[O-])cc1CCl. The fraction of sp³-hybridized carbons (Fsp3) is 0.600. The molecule has 2 rings (SSSR count). The number of rotatable bonds is 5. The van der Waals surface area contributed by atoms with Crippen LogP contribution in [0.4, 0.5) is 11.4 Å². The number of benzene rings is 1. The van der Waals surface area contributed by atoms with E-state index >= 15 is 0 Å². The molecule has 0 radical (unpaired) electrons. The number of hydrogen-bond acceptors (Lipinski definition) is 3. The lowest BCUT2D eigenvalue weighted by Gasteiger charge is -2.38. The van der Waals surface area contributed by atoms with Crippen LogP contribution in [-0.2, 0) is 5.88 Å². The largest absolute Gasteiger partial charge is 0.368 e. The molecule has 1 atom stereocenters. The van der Waals surface area contributed by atoms with Crippen molar-refractivity contribution >= 4 is 23.0 Å². The van der Waals surface area contributed by atoms with Crippen molar-refractivity contribution in [2.45, 2.75) is 50.9 Å². The minimum atomic E-state index is -0.362. The Morgan fingerprint density at radius 1 is 1.45 bits per heavy atom. The molecule has 4 nitrogen and oxygen atoms in total. The molecule has 1 saturated heterocycles. The minimum Gasteiger partial charge on any atom is -0.368 e. The molecule has 110 valence electrons. The summed E-state index contributed by atoms with van der Waals surface area (Å²) >= 11 is 6.00. The summed E-state index contributed by atoms with van der Waals surface area (Å²) < 4.78 is 0. The van der Waals surface area contributed by atoms with Crippen molar-refractivity contribution in [3.8, 4) is 0 Å². The van der Waals surface area contributed by atoms with Crippen molar-refractivity contribution in [2.75, 3.05) is 11.4 Å². The Hall–Kier alpha value is -1.29. The number of nitro groups is 1. The molecule has 5 heteroatoms. The minimum absolute atomic E-state index is 0.119. The molecule has 1 aliphatic rings. The van der Waals surface area contributed by atoms with Crippen LogP contribution >= 0.6 is 11.6 Å². The van der Waals surface area contributed by atoms with Gasteiger partial charge in [0.05, 0.1) is 4.92 Å². The van der Waals surface area contributed by atoms with Gasteiger partial charge in [0.25, 0.3) is 5.69 Å². The summed E-state index contributed by atoms with van der Waals surface area (Å²) in [7, 11) is 0. The van der Waals surface area contributed by atoms with Crippen molar-refractivity contribution in [1.29, 1.82) is 0 Å². The first-order valence-corrected chi connectivity index (χ1v) is 7.80. The lowest BCUT2D eigenvalue weighted by Crippen LogP contribution is -2.40. The molecule has 1 fully saturated rings. The van der Waals surface area contributed by atoms with Gasteiger partial charge in [-0.05, 0) is 37.3 Å². The van der Waals surface area contributed by atoms with Crippen LogP contribution in [0.3, 0.4) is 0 Å². The number of alkyl halides is 1. The zero-order chi connectivity index (χ0) is 14.5. The summed E-state index contributed by atoms with van der Waals surface area (Å²) in [5.41, 5.74) is 2.06. The molecule has 1 heterocycles. The van der Waals surface area contributed by atoms with Crippen LogP contribution in [0, 0.1) is 10.1 Å². The molecule has 1 unspecified atom stereocenters. The van der Waals surface area contributed by atoms with Crippen LogP contribution in [0.25, 0.3) is 0 Å². The van der Waals surface area contributed by atoms with Crippen molar-refractivity contribution in [2.24, 2.45) is 0 Å². The third-order valence-electron chi connectivity index (χ3n) is 3.98. The van der Waals surface area contributed by atoms with Gasteiger partial charge in [0, 0.05) is 36.3 Å². The van der Waals surface area contributed by atoms with Gasteiger partial charge in [-0.15, -0.1) is 11.6 Å². The fourth-order valence-corrected chi connectivity index (χ4v) is 3.24. The third kappa shape index (κ3) is 3.23. The highest BCUT2D eigenvalue weighted by Crippen LogP contribution is 2.32. The zero-order valence-corrected chi connectivity index (χ0v) is 12.6. The first-order valence-electron chi connectivity index (χ1n) is 7.27. The van der Waals surface area contributed by atoms with Gasteiger partial charge in [-0.2, -0.15) is 0 Å². The van der Waals surface area contributed by atoms with Gasteiger partial charge in [-0.3, -0.25) is 10.1 Å². The van der Waals surface area contributed by atoms with Crippen molar-refractivity contribution in [1.82, 2.24) is 0 Å². The number of piperidine rings is 1. The van der Waals surface area contributed by atoms with Gasteiger partial charge >= 0.3 is 0 Å². The second-order valence-electron chi connectivity index (χ2n) is 5.34. The second-order valence-corrected chi connectivity index (χ2v) is 5.60. The number of anilines is 1. The van der Waals surface area contributed by atoms with Crippen LogP contribution in [0.1, 0.15) is 44.6 Å². The molecule has 1 aliphatic heterocycles. The van der Waals surface area contributed by atoms with Crippen LogP contribution in [-0.4, -0.2) is 17.5 Å². The standard InChI is InChI=1S/C15H21ClN2O2/c1-2-5-13-6-3-4-9-17(13)15-8-7-14(18(19)20)10-12(15)11-16/h7-8,10,13H,2-6,9,11H2,1H3. The molecule has 0 N–H and O–H groups in total. The predicted octanol–water partition coefficient (Wildman–Crippen LogP) is 4.49. The number of nitrogens with zero attached hydrogens (tertiary/aromatic N) is 2. The molecule has 20 heavy (non-hydrogen) atoms. The molecule has 0 aromatic heterocycles. The van der Waals surface area contributed by atoms with Crippen LogP contribution < -0.4 is 4.90 Å². The van der Waals surface area contributed by atoms with Gasteiger partial charge < -0.3 is 4.90 Å². The smallest absolute Gasteiger partial charge is 0.269 e. The van der Waals surface area contributed by atoms with E-state index in [-0.39, 0.29) is 10.6 Å². The van der Waals surface area contributed by atoms with E-state index in [0.717, 1.165) is 24.2 Å². The Bertz CT molecular complexity index is 477. The maximum Gasteiger partial charge on any atom is 0.269 e. The highest BCUT2D eigenvalue weighted by molar-refractivity contribution is 6.17. The van der Waals surface area contributed by atoms with Crippen LogP contribution in [0.15, 0.2) is 18.2 Å². The van der Waals surface area contributed by atoms with E-state index in [1.54, 1.807) is 12.1 Å². The third-order valence-corrected chi connectivity index (χ3v) is 4.26. The molecular weight excluding hydrogens is 276 g/mol. The first-order chi connectivity index (χ1) is 9.67. The summed E-state index contributed by atoms with van der Waals surface area (Å²) in [5.74, 6) is 0.312. The highest BCUT2D eigenvalue weighted by atomic mass is 35.5. The van der Waals surface area contributed by atoms with E-state index in [2.05, 4.69) is 11.8 Å². The summed E-state index contributed by atoms with van der Waals surface area (Å²) in [4.78, 5) is 12.9. The van der Waals surface area contributed by atoms with E-state index in [1.165, 1.54) is 25.7 Å². The van der Waals surface area contributed by atoms with E-state index in [0.29, 0.717) is 11.9 Å². The summed E-state index contributed by atoms with van der Waals surface area (Å²) in [6.45, 7) is 3.22. The summed E-state index contributed by atoms with van der Waals surface area (Å²) in [6.07, 6.45) is 5.97. The Labute approximate surface area is 124 Å². The number of halogens is 1. The van der Waals surface area contributed by atoms with Crippen LogP contribution in [0.2, 0.25) is 0 Å². The van der Waals surface area contributed by atoms with Crippen molar-refractivity contribution < 1.29 is 4.92 Å². The molecule has 1 aromatic carbocycles. The van der Waals surface area contributed by atoms with Gasteiger partial charge in [0.15, 0.2) is 0 Å². The van der Waals surface area contributed by atoms with E-state index in [1.807, 2.05) is 6.07 Å². The van der Waals surface area contributed by atoms with Gasteiger partial charge in [0.2, 0.25) is 0 Å². The highest BCUT2D eigenvalue weighted by Gasteiger charge is 2.24. The number of non-ortho nitro benzene ring substituents is 1. The van der Waals surface area contributed by atoms with Gasteiger partial charge in [-0.1, -0.05) is 13.3 Å². The summed E-state index contributed by atoms with van der Waals surface area (Å²) in [6, 6.07) is 5.60. The van der Waals surface area contributed by atoms with Gasteiger partial charge in [-0.25, -0.2) is 0 Å². The summed E-state index contributed by atoms with van der Waals surface area (Å²) in [5, 5.41) is 10.9. The monoisotopic (exact) mass is 296 g/mol. The lowest BCUT2D eigenvalue weighted by molar-refractivity contribution is -0.384. The average molecular weight is 297 g/mol. The Kier molecular flexibility index (Phi) is 5.24. The zero-order valence-electron chi connectivity index (χ0n) is 11.8. The fourth-order valence-electron chi connectivity index (χ4n) is 3.02. The van der Waals surface area contributed by atoms with E-state index in [9.17, 15) is 10.1 Å². The van der Waals surface area contributed by atoms with Gasteiger partial charge in [0.1, 0.15) is 0 Å². The normalized spacial score (nSPS) is 19.1. The second kappa shape index (κ2) is 6.93. The topological polar surface area (TPSA) is 46.4 Å².